The maximum absolute atomic E-state index is 12.4. The quantitative estimate of drug-likeness (QED) is 0.696. The second-order valence-corrected chi connectivity index (χ2v) is 5.93. The molecule has 1 aliphatic heterocycles. The number of rotatable bonds is 3. The molecule has 0 radical (unpaired) electrons. The van der Waals surface area contributed by atoms with Crippen molar-refractivity contribution in [2.75, 3.05) is 5.43 Å². The minimum atomic E-state index is -0.167. The van der Waals surface area contributed by atoms with Crippen molar-refractivity contribution < 1.29 is 4.79 Å². The second-order valence-electron chi connectivity index (χ2n) is 4.25. The number of carbonyl (C=O) groups is 1. The molecular weight excluding hydrogens is 302 g/mol. The summed E-state index contributed by atoms with van der Waals surface area (Å²) in [5.74, 6) is -0.167. The highest BCUT2D eigenvalue weighted by Gasteiger charge is 2.32. The fraction of sp³-hybridized carbons (Fsp3) is 0. The van der Waals surface area contributed by atoms with Crippen molar-refractivity contribution >= 4 is 46.0 Å². The molecule has 0 aliphatic carbocycles. The van der Waals surface area contributed by atoms with Crippen LogP contribution in [-0.4, -0.2) is 20.2 Å². The number of para-hydroxylation sites is 1. The number of aromatic nitrogens is 1. The van der Waals surface area contributed by atoms with Crippen LogP contribution in [0.4, 0.5) is 5.69 Å². The molecule has 0 saturated carbocycles. The molecular formula is C15H11N3OS2. The second kappa shape index (κ2) is 6.07. The zero-order valence-corrected chi connectivity index (χ0v) is 12.5. The van der Waals surface area contributed by atoms with E-state index in [-0.39, 0.29) is 5.91 Å². The van der Waals surface area contributed by atoms with Gasteiger partial charge < -0.3 is 0 Å². The van der Waals surface area contributed by atoms with Gasteiger partial charge in [0.1, 0.15) is 0 Å². The minimum Gasteiger partial charge on any atom is -0.290 e. The maximum Gasteiger partial charge on any atom is 0.285 e. The molecule has 0 bridgehead atoms. The van der Waals surface area contributed by atoms with Crippen molar-refractivity contribution in [2.45, 2.75) is 0 Å². The average Bonchev–Trinajstić information content (AvgIpc) is 2.77. The molecule has 2 aromatic rings. The minimum absolute atomic E-state index is 0.167. The monoisotopic (exact) mass is 313 g/mol. The fourth-order valence-corrected chi connectivity index (χ4v) is 2.97. The molecule has 6 heteroatoms. The predicted molar refractivity (Wildman–Crippen MR) is 89.3 cm³/mol. The van der Waals surface area contributed by atoms with Gasteiger partial charge in [0, 0.05) is 6.20 Å². The lowest BCUT2D eigenvalue weighted by atomic mass is 10.3. The van der Waals surface area contributed by atoms with Gasteiger partial charge in [0.25, 0.3) is 5.91 Å². The number of carbonyl (C=O) groups excluding carboxylic acids is 1. The normalized spacial score (nSPS) is 16.6. The molecule has 1 aliphatic rings. The topological polar surface area (TPSA) is 45.2 Å². The first-order chi connectivity index (χ1) is 10.2. The Hall–Kier alpha value is -2.18. The SMILES string of the molecule is O=C1/C(=C/c2ccccn2)SC(=S)N1Nc1ccccc1. The van der Waals surface area contributed by atoms with Crippen molar-refractivity contribution in [2.24, 2.45) is 0 Å². The van der Waals surface area contributed by atoms with Crippen LogP contribution in [-0.2, 0) is 4.79 Å². The van der Waals surface area contributed by atoms with Crippen molar-refractivity contribution in [1.82, 2.24) is 9.99 Å². The van der Waals surface area contributed by atoms with Crippen molar-refractivity contribution in [3.05, 3.63) is 65.3 Å². The van der Waals surface area contributed by atoms with E-state index >= 15 is 0 Å². The fourth-order valence-electron chi connectivity index (χ4n) is 1.80. The highest BCUT2D eigenvalue weighted by Crippen LogP contribution is 2.32. The van der Waals surface area contributed by atoms with Gasteiger partial charge in [-0.15, -0.1) is 0 Å². The molecule has 0 spiro atoms. The zero-order valence-electron chi connectivity index (χ0n) is 10.9. The standard InChI is InChI=1S/C15H11N3OS2/c19-14-13(10-12-8-4-5-9-16-12)21-15(20)18(14)17-11-6-2-1-3-7-11/h1-10,17H/b13-10-. The summed E-state index contributed by atoms with van der Waals surface area (Å²) in [5.41, 5.74) is 4.56. The number of amides is 1. The molecule has 1 aromatic carbocycles. The number of thioether (sulfide) groups is 1. The van der Waals surface area contributed by atoms with Gasteiger partial charge in [0.2, 0.25) is 0 Å². The van der Waals surface area contributed by atoms with Gasteiger partial charge in [-0.05, 0) is 42.6 Å². The lowest BCUT2D eigenvalue weighted by Crippen LogP contribution is -2.33. The van der Waals surface area contributed by atoms with Crippen LogP contribution >= 0.6 is 24.0 Å². The van der Waals surface area contributed by atoms with Crippen molar-refractivity contribution in [1.29, 1.82) is 0 Å². The molecule has 0 unspecified atom stereocenters. The van der Waals surface area contributed by atoms with Crippen LogP contribution in [0.2, 0.25) is 0 Å². The Morgan fingerprint density at radius 1 is 1.14 bits per heavy atom. The van der Waals surface area contributed by atoms with Crippen LogP contribution in [0.25, 0.3) is 6.08 Å². The van der Waals surface area contributed by atoms with Crippen LogP contribution in [0.15, 0.2) is 59.6 Å². The summed E-state index contributed by atoms with van der Waals surface area (Å²) in [5, 5.41) is 1.38. The summed E-state index contributed by atoms with van der Waals surface area (Å²) >= 11 is 6.52. The molecule has 1 aromatic heterocycles. The Balaban J connectivity index is 1.81. The van der Waals surface area contributed by atoms with Gasteiger partial charge in [0.15, 0.2) is 4.32 Å². The Labute approximate surface area is 131 Å². The lowest BCUT2D eigenvalue weighted by Gasteiger charge is -2.16. The average molecular weight is 313 g/mol. The molecule has 1 amide bonds. The Kier molecular flexibility index (Phi) is 3.98. The number of hydrazine groups is 1. The summed E-state index contributed by atoms with van der Waals surface area (Å²) in [6.07, 6.45) is 3.43. The highest BCUT2D eigenvalue weighted by atomic mass is 32.2. The number of thiocarbonyl (C=S) groups is 1. The zero-order chi connectivity index (χ0) is 14.7. The van der Waals surface area contributed by atoms with Gasteiger partial charge in [-0.2, -0.15) is 0 Å². The molecule has 104 valence electrons. The van der Waals surface area contributed by atoms with Crippen molar-refractivity contribution in [3.8, 4) is 0 Å². The third-order valence-electron chi connectivity index (χ3n) is 2.78. The van der Waals surface area contributed by atoms with E-state index in [0.717, 1.165) is 11.4 Å². The first kappa shape index (κ1) is 13.8. The number of hydrogen-bond donors (Lipinski definition) is 1. The molecule has 21 heavy (non-hydrogen) atoms. The number of hydrogen-bond acceptors (Lipinski definition) is 5. The van der Waals surface area contributed by atoms with Gasteiger partial charge in [-0.25, -0.2) is 5.01 Å². The van der Waals surface area contributed by atoms with Crippen LogP contribution in [0.3, 0.4) is 0 Å². The number of nitrogens with one attached hydrogen (secondary N) is 1. The maximum atomic E-state index is 12.4. The van der Waals surface area contributed by atoms with E-state index in [2.05, 4.69) is 10.4 Å². The summed E-state index contributed by atoms with van der Waals surface area (Å²) < 4.78 is 0.478. The van der Waals surface area contributed by atoms with Gasteiger partial charge in [-0.3, -0.25) is 15.2 Å². The van der Waals surface area contributed by atoms with Crippen LogP contribution < -0.4 is 5.43 Å². The number of nitrogens with zero attached hydrogens (tertiary/aromatic N) is 2. The summed E-state index contributed by atoms with van der Waals surface area (Å²) in [7, 11) is 0. The molecule has 1 N–H and O–H groups in total. The first-order valence-electron chi connectivity index (χ1n) is 6.25. The van der Waals surface area contributed by atoms with Crippen LogP contribution in [0.1, 0.15) is 5.69 Å². The van der Waals surface area contributed by atoms with E-state index in [1.165, 1.54) is 16.8 Å². The third-order valence-corrected chi connectivity index (χ3v) is 4.08. The largest absolute Gasteiger partial charge is 0.290 e. The van der Waals surface area contributed by atoms with E-state index in [0.29, 0.717) is 9.23 Å². The summed E-state index contributed by atoms with van der Waals surface area (Å²) in [6.45, 7) is 0. The van der Waals surface area contributed by atoms with Crippen LogP contribution in [0.5, 0.6) is 0 Å². The van der Waals surface area contributed by atoms with E-state index in [1.54, 1.807) is 12.3 Å². The van der Waals surface area contributed by atoms with Gasteiger partial charge in [0.05, 0.1) is 16.3 Å². The first-order valence-corrected chi connectivity index (χ1v) is 7.47. The smallest absolute Gasteiger partial charge is 0.285 e. The third kappa shape index (κ3) is 3.12. The van der Waals surface area contributed by atoms with Gasteiger partial charge in [-0.1, -0.05) is 36.0 Å². The molecule has 1 saturated heterocycles. The predicted octanol–water partition coefficient (Wildman–Crippen LogP) is 3.31. The number of pyridine rings is 1. The highest BCUT2D eigenvalue weighted by molar-refractivity contribution is 8.26. The van der Waals surface area contributed by atoms with E-state index in [1.807, 2.05) is 48.5 Å². The van der Waals surface area contributed by atoms with E-state index in [9.17, 15) is 4.79 Å². The number of anilines is 1. The van der Waals surface area contributed by atoms with E-state index in [4.69, 9.17) is 12.2 Å². The summed E-state index contributed by atoms with van der Waals surface area (Å²) in [4.78, 5) is 17.1. The van der Waals surface area contributed by atoms with Gasteiger partial charge >= 0.3 is 0 Å². The molecule has 0 atom stereocenters. The van der Waals surface area contributed by atoms with Crippen molar-refractivity contribution in [3.63, 3.8) is 0 Å². The Morgan fingerprint density at radius 2 is 1.90 bits per heavy atom. The summed E-state index contributed by atoms with van der Waals surface area (Å²) in [6, 6.07) is 15.0. The molecule has 1 fully saturated rings. The molecule has 3 rings (SSSR count). The van der Waals surface area contributed by atoms with E-state index < -0.39 is 0 Å². The number of benzene rings is 1. The molecule has 2 heterocycles. The molecule has 4 nitrogen and oxygen atoms in total. The Bertz CT molecular complexity index is 701. The van der Waals surface area contributed by atoms with Crippen LogP contribution in [0, 0.1) is 0 Å². The Morgan fingerprint density at radius 3 is 2.62 bits per heavy atom. The lowest BCUT2D eigenvalue weighted by molar-refractivity contribution is -0.121.